The quantitative estimate of drug-likeness (QED) is 0.548. The van der Waals surface area contributed by atoms with Gasteiger partial charge in [-0.2, -0.15) is 16.3 Å². The summed E-state index contributed by atoms with van der Waals surface area (Å²) >= 11 is 1.68. The minimum atomic E-state index is -0.397. The Morgan fingerprint density at radius 2 is 1.69 bits per heavy atom. The molecule has 2 heterocycles. The first-order valence-corrected chi connectivity index (χ1v) is 9.13. The molecule has 0 radical (unpaired) electrons. The highest BCUT2D eigenvalue weighted by atomic mass is 32.1. The third-order valence-corrected chi connectivity index (χ3v) is 4.83. The maximum absolute atomic E-state index is 9.35. The van der Waals surface area contributed by atoms with Crippen LogP contribution in [0, 0.1) is 0 Å². The first-order chi connectivity index (χ1) is 12.7. The van der Waals surface area contributed by atoms with Crippen LogP contribution >= 0.6 is 11.3 Å². The Labute approximate surface area is 154 Å². The summed E-state index contributed by atoms with van der Waals surface area (Å²) in [6, 6.07) is 16.7. The first kappa shape index (κ1) is 16.5. The third-order valence-electron chi connectivity index (χ3n) is 4.15. The van der Waals surface area contributed by atoms with Crippen LogP contribution in [-0.2, 0) is 6.42 Å². The van der Waals surface area contributed by atoms with Crippen molar-refractivity contribution in [3.8, 4) is 28.3 Å². The minimum absolute atomic E-state index is 0.230. The maximum Gasteiger partial charge on any atom is 0.244 e. The number of phenolic OH excluding ortho intramolecular Hbond substituents is 1. The van der Waals surface area contributed by atoms with Crippen LogP contribution in [0.1, 0.15) is 17.5 Å². The summed E-state index contributed by atoms with van der Waals surface area (Å²) < 4.78 is 5.35. The van der Waals surface area contributed by atoms with Gasteiger partial charge in [0.25, 0.3) is 0 Å². The predicted octanol–water partition coefficient (Wildman–Crippen LogP) is 4.41. The number of benzene rings is 2. The third kappa shape index (κ3) is 3.51. The summed E-state index contributed by atoms with van der Waals surface area (Å²) in [6.07, 6.45) is 0.555. The van der Waals surface area contributed by atoms with Gasteiger partial charge >= 0.3 is 0 Å². The van der Waals surface area contributed by atoms with E-state index in [9.17, 15) is 5.11 Å². The lowest BCUT2D eigenvalue weighted by atomic mass is 10.1. The van der Waals surface area contributed by atoms with Crippen molar-refractivity contribution in [1.29, 1.82) is 0 Å². The number of aromatic nitrogens is 2. The minimum Gasteiger partial charge on any atom is -0.508 e. The Morgan fingerprint density at radius 1 is 0.962 bits per heavy atom. The second kappa shape index (κ2) is 7.11. The van der Waals surface area contributed by atoms with E-state index in [0.717, 1.165) is 16.7 Å². The van der Waals surface area contributed by atoms with E-state index < -0.39 is 6.04 Å². The summed E-state index contributed by atoms with van der Waals surface area (Å²) in [7, 11) is 0. The fourth-order valence-electron chi connectivity index (χ4n) is 2.72. The van der Waals surface area contributed by atoms with Crippen LogP contribution < -0.4 is 5.73 Å². The molecule has 4 aromatic rings. The second-order valence-electron chi connectivity index (χ2n) is 6.02. The number of rotatable bonds is 5. The molecular formula is C20H17N3O2S. The van der Waals surface area contributed by atoms with E-state index in [0.29, 0.717) is 18.1 Å². The second-order valence-corrected chi connectivity index (χ2v) is 6.80. The van der Waals surface area contributed by atoms with E-state index in [2.05, 4.69) is 27.0 Å². The van der Waals surface area contributed by atoms with Gasteiger partial charge in [0.15, 0.2) is 0 Å². The highest BCUT2D eigenvalue weighted by Crippen LogP contribution is 2.26. The summed E-state index contributed by atoms with van der Waals surface area (Å²) in [5.41, 5.74) is 10.4. The van der Waals surface area contributed by atoms with Crippen LogP contribution in [0.15, 0.2) is 69.9 Å². The van der Waals surface area contributed by atoms with Gasteiger partial charge in [-0.25, -0.2) is 0 Å². The molecule has 130 valence electrons. The average Bonchev–Trinajstić information content (AvgIpc) is 3.36. The molecule has 0 fully saturated rings. The zero-order valence-corrected chi connectivity index (χ0v) is 14.7. The normalized spacial score (nSPS) is 12.2. The Bertz CT molecular complexity index is 977. The lowest BCUT2D eigenvalue weighted by Crippen LogP contribution is -2.13. The van der Waals surface area contributed by atoms with E-state index in [1.165, 1.54) is 5.56 Å². The lowest BCUT2D eigenvalue weighted by Gasteiger charge is -2.06. The first-order valence-electron chi connectivity index (χ1n) is 8.19. The Hall–Kier alpha value is -2.96. The summed E-state index contributed by atoms with van der Waals surface area (Å²) in [6.45, 7) is 0. The Balaban J connectivity index is 1.49. The van der Waals surface area contributed by atoms with E-state index in [-0.39, 0.29) is 5.75 Å². The molecule has 5 nitrogen and oxygen atoms in total. The van der Waals surface area contributed by atoms with E-state index >= 15 is 0 Å². The van der Waals surface area contributed by atoms with Crippen LogP contribution in [0.25, 0.3) is 22.5 Å². The van der Waals surface area contributed by atoms with Gasteiger partial charge < -0.3 is 15.4 Å². The largest absolute Gasteiger partial charge is 0.508 e. The van der Waals surface area contributed by atoms with Crippen LogP contribution in [0.2, 0.25) is 0 Å². The fraction of sp³-hybridized carbons (Fsp3) is 0.100. The number of nitrogens with zero attached hydrogens (tertiary/aromatic N) is 2. The fourth-order valence-corrected chi connectivity index (χ4v) is 3.38. The summed E-state index contributed by atoms with van der Waals surface area (Å²) in [5, 5.41) is 17.6. The monoisotopic (exact) mass is 363 g/mol. The van der Waals surface area contributed by atoms with Crippen LogP contribution in [0.5, 0.6) is 5.75 Å². The number of hydrogen-bond donors (Lipinski definition) is 2. The van der Waals surface area contributed by atoms with E-state index in [4.69, 9.17) is 10.3 Å². The highest BCUT2D eigenvalue weighted by molar-refractivity contribution is 7.08. The molecule has 0 unspecified atom stereocenters. The van der Waals surface area contributed by atoms with Crippen LogP contribution in [-0.4, -0.2) is 15.2 Å². The van der Waals surface area contributed by atoms with Crippen molar-refractivity contribution in [2.45, 2.75) is 12.5 Å². The summed E-state index contributed by atoms with van der Waals surface area (Å²) in [5.74, 6) is 1.15. The van der Waals surface area contributed by atoms with Gasteiger partial charge in [-0.3, -0.25) is 0 Å². The number of thiophene rings is 1. The van der Waals surface area contributed by atoms with E-state index in [1.807, 2.05) is 36.4 Å². The van der Waals surface area contributed by atoms with Crippen molar-refractivity contribution in [3.63, 3.8) is 0 Å². The molecule has 0 amide bonds. The maximum atomic E-state index is 9.35. The molecule has 4 rings (SSSR count). The van der Waals surface area contributed by atoms with Crippen molar-refractivity contribution >= 4 is 11.3 Å². The van der Waals surface area contributed by atoms with Gasteiger partial charge in [0, 0.05) is 5.56 Å². The van der Waals surface area contributed by atoms with Crippen molar-refractivity contribution in [3.05, 3.63) is 76.8 Å². The zero-order chi connectivity index (χ0) is 17.9. The average molecular weight is 363 g/mol. The van der Waals surface area contributed by atoms with Gasteiger partial charge in [0.05, 0.1) is 6.04 Å². The number of hydrogen-bond acceptors (Lipinski definition) is 6. The zero-order valence-electron chi connectivity index (χ0n) is 13.9. The van der Waals surface area contributed by atoms with Crippen LogP contribution in [0.3, 0.4) is 0 Å². The molecule has 0 bridgehead atoms. The smallest absolute Gasteiger partial charge is 0.244 e. The molecule has 1 atom stereocenters. The molecule has 2 aromatic heterocycles. The lowest BCUT2D eigenvalue weighted by molar-refractivity contribution is 0.354. The van der Waals surface area contributed by atoms with Gasteiger partial charge in [-0.05, 0) is 52.1 Å². The van der Waals surface area contributed by atoms with Crippen molar-refractivity contribution in [2.24, 2.45) is 5.73 Å². The predicted molar refractivity (Wildman–Crippen MR) is 102 cm³/mol. The Morgan fingerprint density at radius 3 is 2.38 bits per heavy atom. The van der Waals surface area contributed by atoms with Crippen molar-refractivity contribution < 1.29 is 9.63 Å². The van der Waals surface area contributed by atoms with Gasteiger partial charge in [0.1, 0.15) is 5.75 Å². The molecule has 3 N–H and O–H groups in total. The van der Waals surface area contributed by atoms with Gasteiger partial charge in [-0.15, -0.1) is 0 Å². The molecule has 0 spiro atoms. The number of phenols is 1. The molecule has 0 aliphatic rings. The molecule has 0 saturated heterocycles. The molecule has 6 heteroatoms. The summed E-state index contributed by atoms with van der Waals surface area (Å²) in [4.78, 5) is 4.44. The molecule has 0 aliphatic heterocycles. The molecule has 26 heavy (non-hydrogen) atoms. The topological polar surface area (TPSA) is 85.2 Å². The number of aromatic hydroxyl groups is 1. The Kier molecular flexibility index (Phi) is 4.51. The van der Waals surface area contributed by atoms with Gasteiger partial charge in [-0.1, -0.05) is 41.6 Å². The molecule has 2 aromatic carbocycles. The SMILES string of the molecule is N[C@@H](Cc1ccc(O)cc1)c1nc(-c2ccc(-c3ccsc3)cc2)no1. The molecular weight excluding hydrogens is 346 g/mol. The van der Waals surface area contributed by atoms with Gasteiger partial charge in [0.2, 0.25) is 11.7 Å². The van der Waals surface area contributed by atoms with Crippen molar-refractivity contribution in [1.82, 2.24) is 10.1 Å². The number of nitrogens with two attached hydrogens (primary N) is 1. The standard InChI is InChI=1S/C20H17N3O2S/c21-18(11-13-1-7-17(24)8-2-13)20-22-19(23-25-20)15-5-3-14(4-6-15)16-9-10-26-12-16/h1-10,12,18,24H,11,21H2/t18-/m0/s1. The van der Waals surface area contributed by atoms with Crippen molar-refractivity contribution in [2.75, 3.05) is 0 Å². The molecule has 0 saturated carbocycles. The van der Waals surface area contributed by atoms with Crippen LogP contribution in [0.4, 0.5) is 0 Å². The highest BCUT2D eigenvalue weighted by Gasteiger charge is 2.16. The molecule has 0 aliphatic carbocycles. The van der Waals surface area contributed by atoms with E-state index in [1.54, 1.807) is 23.5 Å².